The number of rotatable bonds is 8. The van der Waals surface area contributed by atoms with Crippen molar-refractivity contribution in [3.63, 3.8) is 0 Å². The molecule has 0 spiro atoms. The maximum atomic E-state index is 13.4. The summed E-state index contributed by atoms with van der Waals surface area (Å²) in [4.78, 5) is 43.3. The van der Waals surface area contributed by atoms with Gasteiger partial charge in [0.2, 0.25) is 5.91 Å². The number of nitrogens with one attached hydrogen (secondary N) is 1. The van der Waals surface area contributed by atoms with Crippen LogP contribution in [0.5, 0.6) is 0 Å². The highest BCUT2D eigenvalue weighted by Gasteiger charge is 2.34. The molecular weight excluding hydrogens is 494 g/mol. The van der Waals surface area contributed by atoms with Gasteiger partial charge in [0.25, 0.3) is 17.6 Å². The Labute approximate surface area is 224 Å². The van der Waals surface area contributed by atoms with Crippen molar-refractivity contribution < 1.29 is 18.9 Å². The van der Waals surface area contributed by atoms with Gasteiger partial charge in [0, 0.05) is 13.5 Å². The monoisotopic (exact) mass is 520 g/mol. The van der Waals surface area contributed by atoms with E-state index in [1.807, 2.05) is 84.9 Å². The molecule has 5 aromatic rings. The lowest BCUT2D eigenvalue weighted by Gasteiger charge is -2.26. The second-order valence-electron chi connectivity index (χ2n) is 9.07. The molecule has 1 radical (unpaired) electrons. The fourth-order valence-corrected chi connectivity index (χ4v) is 4.54. The number of amides is 4. The maximum absolute atomic E-state index is 13.4. The van der Waals surface area contributed by atoms with Crippen LogP contribution >= 0.6 is 0 Å². The molecule has 195 valence electrons. The summed E-state index contributed by atoms with van der Waals surface area (Å²) in [5.74, 6) is -1.46. The highest BCUT2D eigenvalue weighted by molar-refractivity contribution is 5.99. The normalized spacial score (nSPS) is 11.8. The smallest absolute Gasteiger partial charge is 0.322 e. The van der Waals surface area contributed by atoms with Crippen molar-refractivity contribution in [2.45, 2.75) is 18.9 Å². The molecule has 39 heavy (non-hydrogen) atoms. The SMILES string of the molecule is CNC(=O)c1noc(C(Cc2ccc3ccccc3c2)N(C(N)=O)C(=O)[CH]Cc2ccc3ccccc3c2)n1. The molecule has 0 fully saturated rings. The van der Waals surface area contributed by atoms with Gasteiger partial charge in [0.15, 0.2) is 0 Å². The van der Waals surface area contributed by atoms with Crippen LogP contribution in [-0.4, -0.2) is 39.9 Å². The van der Waals surface area contributed by atoms with E-state index in [1.54, 1.807) is 0 Å². The summed E-state index contributed by atoms with van der Waals surface area (Å²) < 4.78 is 5.36. The van der Waals surface area contributed by atoms with Gasteiger partial charge in [-0.1, -0.05) is 90.1 Å². The quantitative estimate of drug-likeness (QED) is 0.312. The topological polar surface area (TPSA) is 131 Å². The summed E-state index contributed by atoms with van der Waals surface area (Å²) in [5.41, 5.74) is 7.45. The zero-order valence-electron chi connectivity index (χ0n) is 21.2. The molecule has 1 atom stereocenters. The number of hydrogen-bond acceptors (Lipinski definition) is 6. The van der Waals surface area contributed by atoms with Crippen LogP contribution in [0.25, 0.3) is 21.5 Å². The molecule has 3 N–H and O–H groups in total. The van der Waals surface area contributed by atoms with Gasteiger partial charge >= 0.3 is 6.03 Å². The summed E-state index contributed by atoms with van der Waals surface area (Å²) >= 11 is 0. The zero-order chi connectivity index (χ0) is 27.4. The molecule has 4 amide bonds. The average Bonchev–Trinajstić information content (AvgIpc) is 3.45. The van der Waals surface area contributed by atoms with Gasteiger partial charge in [-0.25, -0.2) is 4.79 Å². The molecule has 1 unspecified atom stereocenters. The molecular formula is C30H26N5O4. The van der Waals surface area contributed by atoms with E-state index < -0.39 is 23.9 Å². The molecule has 0 aliphatic carbocycles. The highest BCUT2D eigenvalue weighted by Crippen LogP contribution is 2.27. The molecule has 1 aromatic heterocycles. The van der Waals surface area contributed by atoms with E-state index in [0.717, 1.165) is 37.6 Å². The first-order chi connectivity index (χ1) is 18.9. The molecule has 5 rings (SSSR count). The Morgan fingerprint density at radius 1 is 0.897 bits per heavy atom. The Hall–Kier alpha value is -5.05. The summed E-state index contributed by atoms with van der Waals surface area (Å²) in [6.07, 6.45) is 1.83. The lowest BCUT2D eigenvalue weighted by Crippen LogP contribution is -2.44. The first kappa shape index (κ1) is 25.6. The van der Waals surface area contributed by atoms with Crippen LogP contribution in [0.15, 0.2) is 89.5 Å². The van der Waals surface area contributed by atoms with Crippen LogP contribution in [0.2, 0.25) is 0 Å². The Bertz CT molecular complexity index is 1680. The predicted molar refractivity (Wildman–Crippen MR) is 146 cm³/mol. The number of nitrogens with two attached hydrogens (primary N) is 1. The van der Waals surface area contributed by atoms with Crippen molar-refractivity contribution in [2.75, 3.05) is 7.05 Å². The largest absolute Gasteiger partial charge is 0.352 e. The van der Waals surface area contributed by atoms with Gasteiger partial charge in [-0.05, 0) is 39.1 Å². The van der Waals surface area contributed by atoms with E-state index in [-0.39, 0.29) is 24.6 Å². The number of aromatic nitrogens is 2. The molecule has 9 nitrogen and oxygen atoms in total. The summed E-state index contributed by atoms with van der Waals surface area (Å²) in [5, 5.41) is 10.3. The number of urea groups is 1. The summed E-state index contributed by atoms with van der Waals surface area (Å²) in [7, 11) is 1.44. The van der Waals surface area contributed by atoms with E-state index in [4.69, 9.17) is 10.3 Å². The lowest BCUT2D eigenvalue weighted by molar-refractivity contribution is -0.127. The van der Waals surface area contributed by atoms with Gasteiger partial charge in [-0.2, -0.15) is 4.98 Å². The number of imide groups is 1. The second-order valence-corrected chi connectivity index (χ2v) is 9.07. The maximum Gasteiger partial charge on any atom is 0.322 e. The van der Waals surface area contributed by atoms with E-state index in [1.165, 1.54) is 13.5 Å². The molecule has 0 aliphatic heterocycles. The van der Waals surface area contributed by atoms with Crippen molar-refractivity contribution in [2.24, 2.45) is 5.73 Å². The molecule has 0 aliphatic rings. The summed E-state index contributed by atoms with van der Waals surface area (Å²) in [6, 6.07) is 25.5. The minimum Gasteiger partial charge on any atom is -0.352 e. The number of nitrogens with zero attached hydrogens (tertiary/aromatic N) is 3. The number of fused-ring (bicyclic) bond motifs is 2. The van der Waals surface area contributed by atoms with E-state index in [0.29, 0.717) is 0 Å². The van der Waals surface area contributed by atoms with Gasteiger partial charge in [0.1, 0.15) is 6.04 Å². The number of carbonyl (C=O) groups is 3. The highest BCUT2D eigenvalue weighted by atomic mass is 16.5. The standard InChI is InChI=1S/C30H26N5O4/c1-32-28(37)27-33-29(39-34-27)25(18-20-11-14-22-7-3-5-9-24(22)17-20)35(30(31)38)26(36)15-12-19-10-13-21-6-2-4-8-23(21)16-19/h2-11,13-17,25H,12,18H2,1H3,(H2,31,38)(H,32,37). The van der Waals surface area contributed by atoms with Gasteiger partial charge in [-0.3, -0.25) is 14.5 Å². The summed E-state index contributed by atoms with van der Waals surface area (Å²) in [6.45, 7) is 0. The molecule has 0 saturated carbocycles. The van der Waals surface area contributed by atoms with Crippen LogP contribution in [-0.2, 0) is 17.6 Å². The third-order valence-corrected chi connectivity index (χ3v) is 6.51. The van der Waals surface area contributed by atoms with Crippen molar-refractivity contribution >= 4 is 39.4 Å². The van der Waals surface area contributed by atoms with Gasteiger partial charge in [0.05, 0.1) is 6.42 Å². The zero-order valence-corrected chi connectivity index (χ0v) is 21.2. The fourth-order valence-electron chi connectivity index (χ4n) is 4.54. The Morgan fingerprint density at radius 2 is 1.49 bits per heavy atom. The predicted octanol–water partition coefficient (Wildman–Crippen LogP) is 4.37. The first-order valence-corrected chi connectivity index (χ1v) is 12.4. The third-order valence-electron chi connectivity index (χ3n) is 6.51. The fraction of sp³-hybridized carbons (Fsp3) is 0.133. The van der Waals surface area contributed by atoms with Crippen molar-refractivity contribution in [1.82, 2.24) is 20.4 Å². The average molecular weight is 521 g/mol. The van der Waals surface area contributed by atoms with E-state index >= 15 is 0 Å². The van der Waals surface area contributed by atoms with Gasteiger partial charge < -0.3 is 15.6 Å². The van der Waals surface area contributed by atoms with Crippen LogP contribution in [0.1, 0.15) is 33.7 Å². The minimum atomic E-state index is -1.03. The molecule has 0 saturated heterocycles. The van der Waals surface area contributed by atoms with E-state index in [2.05, 4.69) is 15.5 Å². The second kappa shape index (κ2) is 11.1. The van der Waals surface area contributed by atoms with Gasteiger partial charge in [-0.15, -0.1) is 0 Å². The van der Waals surface area contributed by atoms with Crippen molar-refractivity contribution in [3.05, 3.63) is 114 Å². The molecule has 9 heteroatoms. The van der Waals surface area contributed by atoms with Crippen molar-refractivity contribution in [1.29, 1.82) is 0 Å². The Balaban J connectivity index is 1.44. The lowest BCUT2D eigenvalue weighted by atomic mass is 10.00. The van der Waals surface area contributed by atoms with Crippen LogP contribution in [0.4, 0.5) is 4.79 Å². The minimum absolute atomic E-state index is 0.0759. The molecule has 0 bridgehead atoms. The first-order valence-electron chi connectivity index (χ1n) is 12.4. The number of primary amides is 1. The molecule has 1 heterocycles. The van der Waals surface area contributed by atoms with Crippen molar-refractivity contribution in [3.8, 4) is 0 Å². The van der Waals surface area contributed by atoms with Crippen LogP contribution < -0.4 is 11.1 Å². The van der Waals surface area contributed by atoms with E-state index in [9.17, 15) is 14.4 Å². The number of benzene rings is 4. The number of hydrogen-bond donors (Lipinski definition) is 2. The Morgan fingerprint density at radius 3 is 2.10 bits per heavy atom. The number of carbonyl (C=O) groups excluding carboxylic acids is 3. The van der Waals surface area contributed by atoms with Crippen LogP contribution in [0, 0.1) is 6.42 Å². The Kier molecular flexibility index (Phi) is 7.31. The molecule has 4 aromatic carbocycles. The van der Waals surface area contributed by atoms with Crippen LogP contribution in [0.3, 0.4) is 0 Å². The third kappa shape index (κ3) is 5.62.